The van der Waals surface area contributed by atoms with E-state index in [0.717, 1.165) is 12.1 Å². The fraction of sp³-hybridized carbons (Fsp3) is 0.222. The summed E-state index contributed by atoms with van der Waals surface area (Å²) in [6.07, 6.45) is -5.12. The van der Waals surface area contributed by atoms with Gasteiger partial charge in [-0.15, -0.1) is 0 Å². The molecular weight excluding hydrogens is 287 g/mol. The number of benzene rings is 1. The number of carbonyl (C=O) groups excluding carboxylic acids is 1. The fourth-order valence-electron chi connectivity index (χ4n) is 1.26. The minimum absolute atomic E-state index is 0.279. The van der Waals surface area contributed by atoms with E-state index >= 15 is 0 Å². The lowest BCUT2D eigenvalue weighted by Crippen LogP contribution is -2.36. The average molecular weight is 293 g/mol. The van der Waals surface area contributed by atoms with Crippen molar-refractivity contribution in [2.24, 2.45) is 0 Å². The Morgan fingerprint density at radius 2 is 1.80 bits per heavy atom. The first-order valence-corrected chi connectivity index (χ1v) is 4.89. The summed E-state index contributed by atoms with van der Waals surface area (Å²) in [5.41, 5.74) is -1.61. The van der Waals surface area contributed by atoms with Gasteiger partial charge in [0, 0.05) is 18.2 Å². The van der Waals surface area contributed by atoms with Gasteiger partial charge in [-0.25, -0.2) is 0 Å². The summed E-state index contributed by atoms with van der Waals surface area (Å²) in [6, 6.07) is 2.41. The molecular formula is C9H6F3N3O5. The lowest BCUT2D eigenvalue weighted by Gasteiger charge is -2.08. The van der Waals surface area contributed by atoms with Crippen molar-refractivity contribution in [2.75, 3.05) is 0 Å². The van der Waals surface area contributed by atoms with E-state index in [0.29, 0.717) is 6.07 Å². The first kappa shape index (κ1) is 15.3. The molecule has 0 unspecified atom stereocenters. The van der Waals surface area contributed by atoms with Crippen LogP contribution in [0.4, 0.5) is 24.5 Å². The van der Waals surface area contributed by atoms with Crippen molar-refractivity contribution in [1.29, 1.82) is 0 Å². The summed E-state index contributed by atoms with van der Waals surface area (Å²) in [4.78, 5) is 29.8. The molecule has 1 rings (SSSR count). The van der Waals surface area contributed by atoms with Crippen LogP contribution in [-0.2, 0) is 11.3 Å². The number of nitrogens with one attached hydrogen (secondary N) is 1. The average Bonchev–Trinajstić information content (AvgIpc) is 2.34. The van der Waals surface area contributed by atoms with Crippen LogP contribution in [0.2, 0.25) is 0 Å². The van der Waals surface area contributed by atoms with Crippen LogP contribution in [0.15, 0.2) is 18.2 Å². The van der Waals surface area contributed by atoms with Crippen LogP contribution in [0.25, 0.3) is 0 Å². The maximum atomic E-state index is 11.9. The second kappa shape index (κ2) is 5.50. The molecule has 0 aromatic heterocycles. The molecule has 0 aliphatic carbocycles. The molecule has 108 valence electrons. The summed E-state index contributed by atoms with van der Waals surface area (Å²) in [6.45, 7) is -0.771. The molecule has 11 heteroatoms. The van der Waals surface area contributed by atoms with E-state index in [1.54, 1.807) is 0 Å². The number of carbonyl (C=O) groups is 1. The van der Waals surface area contributed by atoms with Crippen molar-refractivity contribution in [3.8, 4) is 0 Å². The van der Waals surface area contributed by atoms with Crippen molar-refractivity contribution in [3.63, 3.8) is 0 Å². The molecule has 0 aliphatic heterocycles. The first-order chi connectivity index (χ1) is 9.12. The van der Waals surface area contributed by atoms with E-state index in [-0.39, 0.29) is 5.56 Å². The standard InChI is InChI=1S/C9H6F3N3O5/c10-9(11,12)8(16)13-4-5-1-2-6(14(17)18)3-7(5)15(19)20/h1-3H,4H2,(H,13,16). The number of non-ortho nitro benzene ring substituents is 1. The Kier molecular flexibility index (Phi) is 4.22. The predicted molar refractivity (Wildman–Crippen MR) is 57.7 cm³/mol. The molecule has 1 amide bonds. The Labute approximate surface area is 108 Å². The van der Waals surface area contributed by atoms with Gasteiger partial charge in [-0.2, -0.15) is 13.2 Å². The summed E-state index contributed by atoms with van der Waals surface area (Å²) >= 11 is 0. The molecule has 1 aromatic carbocycles. The van der Waals surface area contributed by atoms with Gasteiger partial charge < -0.3 is 5.32 Å². The number of nitro benzene ring substituents is 2. The lowest BCUT2D eigenvalue weighted by molar-refractivity contribution is -0.394. The number of rotatable bonds is 4. The van der Waals surface area contributed by atoms with Gasteiger partial charge in [0.15, 0.2) is 0 Å². The van der Waals surface area contributed by atoms with Crippen LogP contribution in [0.5, 0.6) is 0 Å². The zero-order chi connectivity index (χ0) is 15.5. The number of nitrogens with zero attached hydrogens (tertiary/aromatic N) is 2. The van der Waals surface area contributed by atoms with E-state index in [2.05, 4.69) is 0 Å². The van der Waals surface area contributed by atoms with E-state index in [1.807, 2.05) is 0 Å². The summed E-state index contributed by atoms with van der Waals surface area (Å²) in [5.74, 6) is -2.26. The molecule has 0 radical (unpaired) electrons. The number of halogens is 3. The first-order valence-electron chi connectivity index (χ1n) is 4.89. The minimum atomic E-state index is -5.12. The smallest absolute Gasteiger partial charge is 0.344 e. The van der Waals surface area contributed by atoms with Gasteiger partial charge in [0.05, 0.1) is 15.9 Å². The van der Waals surface area contributed by atoms with Gasteiger partial charge in [-0.3, -0.25) is 25.0 Å². The van der Waals surface area contributed by atoms with Crippen LogP contribution < -0.4 is 5.32 Å². The fourth-order valence-corrected chi connectivity index (χ4v) is 1.26. The molecule has 1 N–H and O–H groups in total. The van der Waals surface area contributed by atoms with Crippen molar-refractivity contribution < 1.29 is 27.8 Å². The molecule has 0 aliphatic rings. The zero-order valence-corrected chi connectivity index (χ0v) is 9.51. The maximum absolute atomic E-state index is 11.9. The number of nitro groups is 2. The maximum Gasteiger partial charge on any atom is 0.471 e. The lowest BCUT2D eigenvalue weighted by atomic mass is 10.1. The molecule has 0 spiro atoms. The van der Waals surface area contributed by atoms with Gasteiger partial charge in [0.25, 0.3) is 11.4 Å². The Morgan fingerprint density at radius 1 is 1.20 bits per heavy atom. The monoisotopic (exact) mass is 293 g/mol. The number of amides is 1. The molecule has 8 nitrogen and oxygen atoms in total. The molecule has 0 heterocycles. The Morgan fingerprint density at radius 3 is 2.25 bits per heavy atom. The van der Waals surface area contributed by atoms with Crippen molar-refractivity contribution in [1.82, 2.24) is 5.32 Å². The normalized spacial score (nSPS) is 10.9. The molecule has 0 bridgehead atoms. The minimum Gasteiger partial charge on any atom is -0.344 e. The highest BCUT2D eigenvalue weighted by atomic mass is 19.4. The number of alkyl halides is 3. The third-order valence-electron chi connectivity index (χ3n) is 2.17. The SMILES string of the molecule is O=C(NCc1ccc([N+](=O)[O-])cc1[N+](=O)[O-])C(F)(F)F. The summed E-state index contributed by atoms with van der Waals surface area (Å²) in [5, 5.41) is 22.6. The Hall–Kier alpha value is -2.72. The summed E-state index contributed by atoms with van der Waals surface area (Å²) in [7, 11) is 0. The quantitative estimate of drug-likeness (QED) is 0.669. The number of hydrogen-bond acceptors (Lipinski definition) is 5. The van der Waals surface area contributed by atoms with Gasteiger partial charge in [-0.05, 0) is 6.07 Å². The van der Waals surface area contributed by atoms with Gasteiger partial charge in [0.2, 0.25) is 0 Å². The van der Waals surface area contributed by atoms with Crippen LogP contribution in [-0.4, -0.2) is 21.9 Å². The summed E-state index contributed by atoms with van der Waals surface area (Å²) < 4.78 is 35.8. The van der Waals surface area contributed by atoms with E-state index in [9.17, 15) is 38.2 Å². The highest BCUT2D eigenvalue weighted by molar-refractivity contribution is 5.81. The van der Waals surface area contributed by atoms with Gasteiger partial charge >= 0.3 is 12.1 Å². The Bertz CT molecular complexity index is 572. The molecule has 0 atom stereocenters. The molecule has 20 heavy (non-hydrogen) atoms. The molecule has 0 saturated carbocycles. The molecule has 1 aromatic rings. The van der Waals surface area contributed by atoms with Gasteiger partial charge in [0.1, 0.15) is 0 Å². The van der Waals surface area contributed by atoms with Crippen molar-refractivity contribution in [3.05, 3.63) is 44.0 Å². The number of hydrogen-bond donors (Lipinski definition) is 1. The van der Waals surface area contributed by atoms with Crippen LogP contribution >= 0.6 is 0 Å². The van der Waals surface area contributed by atoms with Crippen molar-refractivity contribution >= 4 is 17.3 Å². The van der Waals surface area contributed by atoms with E-state index in [1.165, 1.54) is 5.32 Å². The topological polar surface area (TPSA) is 115 Å². The highest BCUT2D eigenvalue weighted by Crippen LogP contribution is 2.25. The zero-order valence-electron chi connectivity index (χ0n) is 9.51. The second-order valence-electron chi connectivity index (χ2n) is 3.51. The van der Waals surface area contributed by atoms with Crippen LogP contribution in [0, 0.1) is 20.2 Å². The molecule has 0 fully saturated rings. The van der Waals surface area contributed by atoms with Crippen molar-refractivity contribution in [2.45, 2.75) is 12.7 Å². The molecule has 0 saturated heterocycles. The third-order valence-corrected chi connectivity index (χ3v) is 2.17. The highest BCUT2D eigenvalue weighted by Gasteiger charge is 2.38. The predicted octanol–water partition coefficient (Wildman–Crippen LogP) is 1.68. The van der Waals surface area contributed by atoms with E-state index < -0.39 is 39.8 Å². The van der Waals surface area contributed by atoms with Crippen LogP contribution in [0.1, 0.15) is 5.56 Å². The van der Waals surface area contributed by atoms with Crippen LogP contribution in [0.3, 0.4) is 0 Å². The van der Waals surface area contributed by atoms with E-state index in [4.69, 9.17) is 0 Å². The Balaban J connectivity index is 2.98. The van der Waals surface area contributed by atoms with Gasteiger partial charge in [-0.1, -0.05) is 0 Å². The largest absolute Gasteiger partial charge is 0.471 e. The third kappa shape index (κ3) is 3.63. The second-order valence-corrected chi connectivity index (χ2v) is 3.51.